The zero-order chi connectivity index (χ0) is 16.7. The number of likely N-dealkylation sites (tertiary alicyclic amines) is 1. The van der Waals surface area contributed by atoms with Crippen LogP contribution in [0.4, 0.5) is 0 Å². The Kier molecular flexibility index (Phi) is 6.72. The summed E-state index contributed by atoms with van der Waals surface area (Å²) in [5.41, 5.74) is 0.483. The number of nitrogens with zero attached hydrogens (tertiary/aromatic N) is 3. The normalized spacial score (nSPS) is 21.9. The van der Waals surface area contributed by atoms with Gasteiger partial charge in [0, 0.05) is 33.7 Å². The Bertz CT molecular complexity index is 411. The van der Waals surface area contributed by atoms with Crippen LogP contribution in [0.5, 0.6) is 0 Å². The van der Waals surface area contributed by atoms with E-state index in [0.717, 1.165) is 25.6 Å². The number of aliphatic imine (C=N–C) groups is 1. The molecule has 1 saturated heterocycles. The molecule has 1 N–H and O–H groups in total. The number of amides is 1. The van der Waals surface area contributed by atoms with E-state index in [2.05, 4.69) is 22.1 Å². The van der Waals surface area contributed by atoms with Crippen LogP contribution in [-0.4, -0.2) is 61.9 Å². The highest BCUT2D eigenvalue weighted by Gasteiger charge is 2.36. The van der Waals surface area contributed by atoms with Crippen molar-refractivity contribution in [2.75, 3.05) is 40.3 Å². The highest BCUT2D eigenvalue weighted by Crippen LogP contribution is 2.42. The number of guanidine groups is 1. The largest absolute Gasteiger partial charge is 0.357 e. The zero-order valence-electron chi connectivity index (χ0n) is 15.2. The van der Waals surface area contributed by atoms with Gasteiger partial charge in [0.2, 0.25) is 5.91 Å². The number of hydrogen-bond acceptors (Lipinski definition) is 2. The molecule has 23 heavy (non-hydrogen) atoms. The van der Waals surface area contributed by atoms with E-state index in [-0.39, 0.29) is 12.5 Å². The first-order valence-electron chi connectivity index (χ1n) is 9.30. The number of carbonyl (C=O) groups excluding carboxylic acids is 1. The molecule has 1 saturated carbocycles. The number of nitrogens with one attached hydrogen (secondary N) is 1. The van der Waals surface area contributed by atoms with E-state index in [0.29, 0.717) is 5.41 Å². The third-order valence-corrected chi connectivity index (χ3v) is 5.32. The molecule has 0 aromatic carbocycles. The second-order valence-electron chi connectivity index (χ2n) is 7.40. The molecule has 1 amide bonds. The van der Waals surface area contributed by atoms with Crippen molar-refractivity contribution < 1.29 is 4.79 Å². The molecule has 0 atom stereocenters. The number of hydrogen-bond donors (Lipinski definition) is 1. The van der Waals surface area contributed by atoms with Gasteiger partial charge in [-0.2, -0.15) is 0 Å². The minimum atomic E-state index is 0.0570. The predicted molar refractivity (Wildman–Crippen MR) is 95.6 cm³/mol. The van der Waals surface area contributed by atoms with Gasteiger partial charge in [0.15, 0.2) is 5.96 Å². The van der Waals surface area contributed by atoms with Crippen molar-refractivity contribution in [3.63, 3.8) is 0 Å². The van der Waals surface area contributed by atoms with Gasteiger partial charge < -0.3 is 15.1 Å². The summed E-state index contributed by atoms with van der Waals surface area (Å²) in [7, 11) is 3.57. The topological polar surface area (TPSA) is 47.9 Å². The van der Waals surface area contributed by atoms with Gasteiger partial charge in [-0.1, -0.05) is 25.7 Å². The Morgan fingerprint density at radius 3 is 2.39 bits per heavy atom. The van der Waals surface area contributed by atoms with Crippen molar-refractivity contribution in [2.24, 2.45) is 10.4 Å². The van der Waals surface area contributed by atoms with E-state index in [1.807, 2.05) is 0 Å². The van der Waals surface area contributed by atoms with Crippen LogP contribution in [0.3, 0.4) is 0 Å². The fourth-order valence-corrected chi connectivity index (χ4v) is 3.99. The molecule has 0 aromatic rings. The summed E-state index contributed by atoms with van der Waals surface area (Å²) < 4.78 is 0. The summed E-state index contributed by atoms with van der Waals surface area (Å²) in [5.74, 6) is 0.979. The van der Waals surface area contributed by atoms with Gasteiger partial charge in [0.05, 0.1) is 0 Å². The molecule has 0 radical (unpaired) electrons. The SMILES string of the molecule is CCNC(=NCC(=O)N(C)C)N1CCCC2(CCCCCC2)C1. The van der Waals surface area contributed by atoms with E-state index in [1.165, 1.54) is 51.4 Å². The maximum absolute atomic E-state index is 11.8. The number of piperidine rings is 1. The quantitative estimate of drug-likeness (QED) is 0.641. The second-order valence-corrected chi connectivity index (χ2v) is 7.40. The average Bonchev–Trinajstić information content (AvgIpc) is 2.76. The fourth-order valence-electron chi connectivity index (χ4n) is 3.99. The lowest BCUT2D eigenvalue weighted by atomic mass is 9.74. The monoisotopic (exact) mass is 322 g/mol. The first kappa shape index (κ1) is 18.1. The average molecular weight is 322 g/mol. The Morgan fingerprint density at radius 2 is 1.78 bits per heavy atom. The fraction of sp³-hybridized carbons (Fsp3) is 0.889. The van der Waals surface area contributed by atoms with Gasteiger partial charge in [-0.05, 0) is 38.0 Å². The molecule has 2 fully saturated rings. The lowest BCUT2D eigenvalue weighted by Crippen LogP contribution is -2.50. The smallest absolute Gasteiger partial charge is 0.243 e. The molecular weight excluding hydrogens is 288 g/mol. The highest BCUT2D eigenvalue weighted by molar-refractivity contribution is 5.84. The van der Waals surface area contributed by atoms with Crippen LogP contribution in [-0.2, 0) is 4.79 Å². The van der Waals surface area contributed by atoms with Crippen LogP contribution >= 0.6 is 0 Å². The number of rotatable bonds is 3. The first-order chi connectivity index (χ1) is 11.1. The number of likely N-dealkylation sites (N-methyl/N-ethyl adjacent to an activating group) is 1. The Hall–Kier alpha value is -1.26. The third-order valence-electron chi connectivity index (χ3n) is 5.32. The van der Waals surface area contributed by atoms with Gasteiger partial charge >= 0.3 is 0 Å². The summed E-state index contributed by atoms with van der Waals surface area (Å²) in [4.78, 5) is 20.5. The van der Waals surface area contributed by atoms with Crippen molar-refractivity contribution in [1.82, 2.24) is 15.1 Å². The van der Waals surface area contributed by atoms with Crippen LogP contribution < -0.4 is 5.32 Å². The molecule has 0 bridgehead atoms. The van der Waals surface area contributed by atoms with Crippen LogP contribution in [0.25, 0.3) is 0 Å². The molecule has 0 unspecified atom stereocenters. The maximum atomic E-state index is 11.8. The molecule has 5 heteroatoms. The van der Waals surface area contributed by atoms with E-state index in [9.17, 15) is 4.79 Å². The van der Waals surface area contributed by atoms with Crippen LogP contribution in [0.1, 0.15) is 58.3 Å². The summed E-state index contributed by atoms with van der Waals surface area (Å²) in [6.07, 6.45) is 10.9. The Labute approximate surface area is 141 Å². The highest BCUT2D eigenvalue weighted by atomic mass is 16.2. The minimum absolute atomic E-state index is 0.0570. The van der Waals surface area contributed by atoms with Gasteiger partial charge in [-0.3, -0.25) is 4.79 Å². The van der Waals surface area contributed by atoms with Crippen LogP contribution in [0.2, 0.25) is 0 Å². The van der Waals surface area contributed by atoms with Gasteiger partial charge in [-0.25, -0.2) is 4.99 Å². The van der Waals surface area contributed by atoms with Gasteiger partial charge in [0.1, 0.15) is 6.54 Å². The molecule has 1 heterocycles. The Morgan fingerprint density at radius 1 is 1.13 bits per heavy atom. The van der Waals surface area contributed by atoms with E-state index in [4.69, 9.17) is 0 Å². The molecule has 2 aliphatic rings. The van der Waals surface area contributed by atoms with Gasteiger partial charge in [0.25, 0.3) is 0 Å². The summed E-state index contributed by atoms with van der Waals surface area (Å²) in [6, 6.07) is 0. The van der Waals surface area contributed by atoms with Crippen molar-refractivity contribution in [1.29, 1.82) is 0 Å². The van der Waals surface area contributed by atoms with E-state index < -0.39 is 0 Å². The lowest BCUT2D eigenvalue weighted by molar-refractivity contribution is -0.127. The van der Waals surface area contributed by atoms with E-state index in [1.54, 1.807) is 19.0 Å². The van der Waals surface area contributed by atoms with Crippen LogP contribution in [0, 0.1) is 5.41 Å². The molecule has 0 aromatic heterocycles. The number of carbonyl (C=O) groups is 1. The maximum Gasteiger partial charge on any atom is 0.243 e. The molecule has 5 nitrogen and oxygen atoms in total. The summed E-state index contributed by atoms with van der Waals surface area (Å²) in [6.45, 7) is 5.34. The standard InChI is InChI=1S/C18H34N4O/c1-4-19-17(20-14-16(23)21(2)3)22-13-9-12-18(15-22)10-7-5-6-8-11-18/h4-15H2,1-3H3,(H,19,20). The van der Waals surface area contributed by atoms with Crippen molar-refractivity contribution >= 4 is 11.9 Å². The van der Waals surface area contributed by atoms with Gasteiger partial charge in [-0.15, -0.1) is 0 Å². The van der Waals surface area contributed by atoms with Crippen molar-refractivity contribution in [3.05, 3.63) is 0 Å². The van der Waals surface area contributed by atoms with Crippen LogP contribution in [0.15, 0.2) is 4.99 Å². The third kappa shape index (κ3) is 5.11. The zero-order valence-corrected chi connectivity index (χ0v) is 15.2. The Balaban J connectivity index is 2.05. The second kappa shape index (κ2) is 8.55. The molecule has 1 aliphatic carbocycles. The molecule has 1 aliphatic heterocycles. The first-order valence-corrected chi connectivity index (χ1v) is 9.30. The lowest BCUT2D eigenvalue weighted by Gasteiger charge is -2.44. The van der Waals surface area contributed by atoms with E-state index >= 15 is 0 Å². The molecular formula is C18H34N4O. The predicted octanol–water partition coefficient (Wildman–Crippen LogP) is 2.48. The minimum Gasteiger partial charge on any atom is -0.357 e. The molecule has 2 rings (SSSR count). The molecule has 132 valence electrons. The summed E-state index contributed by atoms with van der Waals surface area (Å²) >= 11 is 0. The summed E-state index contributed by atoms with van der Waals surface area (Å²) in [5, 5.41) is 3.39. The molecule has 1 spiro atoms. The van der Waals surface area contributed by atoms with Crippen molar-refractivity contribution in [2.45, 2.75) is 58.3 Å². The van der Waals surface area contributed by atoms with Crippen molar-refractivity contribution in [3.8, 4) is 0 Å².